The summed E-state index contributed by atoms with van der Waals surface area (Å²) in [6, 6.07) is 11.7. The minimum Gasteiger partial charge on any atom is -0.212 e. The molecule has 21 heavy (non-hydrogen) atoms. The van der Waals surface area contributed by atoms with Crippen LogP contribution >= 0.6 is 0 Å². The molecular formula is C16H22N2O2S. The third-order valence-corrected chi connectivity index (χ3v) is 6.21. The lowest BCUT2D eigenvalue weighted by Gasteiger charge is -2.27. The Morgan fingerprint density at radius 1 is 1.29 bits per heavy atom. The Hall–Kier alpha value is -1.38. The molecule has 5 heteroatoms. The average Bonchev–Trinajstić information content (AvgIpc) is 2.98. The summed E-state index contributed by atoms with van der Waals surface area (Å²) in [5.41, 5.74) is 1.02. The number of hydrogen-bond donors (Lipinski definition) is 0. The molecule has 0 radical (unpaired) electrons. The normalized spacial score (nSPS) is 17.8. The zero-order valence-corrected chi connectivity index (χ0v) is 13.2. The van der Waals surface area contributed by atoms with Crippen LogP contribution in [0.1, 0.15) is 44.1 Å². The predicted molar refractivity (Wildman–Crippen MR) is 83.2 cm³/mol. The van der Waals surface area contributed by atoms with Gasteiger partial charge in [0.15, 0.2) is 0 Å². The van der Waals surface area contributed by atoms with E-state index < -0.39 is 10.0 Å². The number of nitrogens with zero attached hydrogens (tertiary/aromatic N) is 2. The lowest BCUT2D eigenvalue weighted by atomic mass is 10.0. The van der Waals surface area contributed by atoms with Crippen LogP contribution in [0.5, 0.6) is 0 Å². The van der Waals surface area contributed by atoms with Crippen molar-refractivity contribution in [2.24, 2.45) is 0 Å². The van der Waals surface area contributed by atoms with Crippen LogP contribution in [-0.4, -0.2) is 31.1 Å². The molecule has 1 unspecified atom stereocenters. The van der Waals surface area contributed by atoms with E-state index >= 15 is 0 Å². The van der Waals surface area contributed by atoms with Crippen molar-refractivity contribution < 1.29 is 8.42 Å². The van der Waals surface area contributed by atoms with Crippen LogP contribution in [0.25, 0.3) is 0 Å². The second-order valence-electron chi connectivity index (χ2n) is 5.73. The maximum absolute atomic E-state index is 12.7. The summed E-state index contributed by atoms with van der Waals surface area (Å²) in [5.74, 6) is -0.00588. The molecule has 1 saturated carbocycles. The molecule has 4 nitrogen and oxygen atoms in total. The summed E-state index contributed by atoms with van der Waals surface area (Å²) in [7, 11) is -3.40. The summed E-state index contributed by atoms with van der Waals surface area (Å²) in [6.45, 7) is 1.89. The van der Waals surface area contributed by atoms with Gasteiger partial charge in [0.05, 0.1) is 11.8 Å². The van der Waals surface area contributed by atoms with E-state index in [0.717, 1.165) is 31.2 Å². The van der Waals surface area contributed by atoms with Gasteiger partial charge in [0, 0.05) is 6.04 Å². The second kappa shape index (κ2) is 7.06. The zero-order valence-electron chi connectivity index (χ0n) is 12.4. The minimum atomic E-state index is -3.40. The first-order chi connectivity index (χ1) is 10.0. The maximum atomic E-state index is 12.7. The first-order valence-corrected chi connectivity index (χ1v) is 9.07. The fourth-order valence-electron chi connectivity index (χ4n) is 3.01. The lowest BCUT2D eigenvalue weighted by Crippen LogP contribution is -2.41. The first kappa shape index (κ1) is 16.0. The van der Waals surface area contributed by atoms with Crippen molar-refractivity contribution in [2.45, 2.75) is 44.6 Å². The summed E-state index contributed by atoms with van der Waals surface area (Å²) in [5, 5.41) is 8.96. The molecule has 0 amide bonds. The van der Waals surface area contributed by atoms with Crippen molar-refractivity contribution in [3.8, 4) is 6.07 Å². The van der Waals surface area contributed by atoms with Gasteiger partial charge in [-0.2, -0.15) is 9.57 Å². The molecule has 0 aromatic heterocycles. The van der Waals surface area contributed by atoms with Gasteiger partial charge in [-0.25, -0.2) is 8.42 Å². The van der Waals surface area contributed by atoms with E-state index in [1.165, 1.54) is 4.31 Å². The quantitative estimate of drug-likeness (QED) is 0.759. The van der Waals surface area contributed by atoms with Gasteiger partial charge in [0.25, 0.3) is 0 Å². The Balaban J connectivity index is 2.13. The van der Waals surface area contributed by atoms with Crippen LogP contribution in [-0.2, 0) is 10.0 Å². The molecule has 0 aliphatic heterocycles. The molecule has 0 saturated heterocycles. The standard InChI is InChI=1S/C16H22N2O2S/c1-14(15-7-3-2-4-8-15)13-21(19,20)18(12-11-17)16-9-5-6-10-16/h2-4,7-8,14,16H,5-6,9-10,12-13H2,1H3. The van der Waals surface area contributed by atoms with Crippen molar-refractivity contribution >= 4 is 10.0 Å². The molecule has 1 fully saturated rings. The Labute approximate surface area is 127 Å². The minimum absolute atomic E-state index is 0.0117. The number of nitriles is 1. The van der Waals surface area contributed by atoms with Crippen LogP contribution in [0.3, 0.4) is 0 Å². The van der Waals surface area contributed by atoms with Gasteiger partial charge in [0.1, 0.15) is 6.54 Å². The molecule has 2 rings (SSSR count). The zero-order chi connectivity index (χ0) is 15.3. The van der Waals surface area contributed by atoms with Crippen molar-refractivity contribution in [3.05, 3.63) is 35.9 Å². The molecule has 1 aliphatic rings. The highest BCUT2D eigenvalue weighted by molar-refractivity contribution is 7.89. The SMILES string of the molecule is CC(CS(=O)(=O)N(CC#N)C1CCCC1)c1ccccc1. The van der Waals surface area contributed by atoms with Gasteiger partial charge in [-0.05, 0) is 24.3 Å². The van der Waals surface area contributed by atoms with Crippen molar-refractivity contribution in [1.82, 2.24) is 4.31 Å². The third-order valence-electron chi connectivity index (χ3n) is 4.15. The van der Waals surface area contributed by atoms with E-state index in [0.29, 0.717) is 0 Å². The van der Waals surface area contributed by atoms with Crippen molar-refractivity contribution in [3.63, 3.8) is 0 Å². The third kappa shape index (κ3) is 4.05. The van der Waals surface area contributed by atoms with E-state index in [1.807, 2.05) is 43.3 Å². The number of benzene rings is 1. The fourth-order valence-corrected chi connectivity index (χ4v) is 4.94. The van der Waals surface area contributed by atoms with E-state index in [-0.39, 0.29) is 24.3 Å². The van der Waals surface area contributed by atoms with Gasteiger partial charge in [0.2, 0.25) is 10.0 Å². The molecule has 0 spiro atoms. The van der Waals surface area contributed by atoms with Gasteiger partial charge in [-0.15, -0.1) is 0 Å². The highest BCUT2D eigenvalue weighted by atomic mass is 32.2. The smallest absolute Gasteiger partial charge is 0.212 e. The van der Waals surface area contributed by atoms with Gasteiger partial charge < -0.3 is 0 Å². The molecule has 1 aromatic rings. The molecular weight excluding hydrogens is 284 g/mol. The van der Waals surface area contributed by atoms with Gasteiger partial charge in [-0.1, -0.05) is 50.1 Å². The van der Waals surface area contributed by atoms with Crippen molar-refractivity contribution in [2.75, 3.05) is 12.3 Å². The molecule has 0 bridgehead atoms. The summed E-state index contributed by atoms with van der Waals surface area (Å²) in [6.07, 6.45) is 3.86. The van der Waals surface area contributed by atoms with Crippen molar-refractivity contribution in [1.29, 1.82) is 5.26 Å². The Morgan fingerprint density at radius 3 is 2.48 bits per heavy atom. The summed E-state index contributed by atoms with van der Waals surface area (Å²) >= 11 is 0. The van der Waals surface area contributed by atoms with Crippen LogP contribution in [0.15, 0.2) is 30.3 Å². The maximum Gasteiger partial charge on any atom is 0.215 e. The number of sulfonamides is 1. The van der Waals surface area contributed by atoms with E-state index in [9.17, 15) is 8.42 Å². The molecule has 1 aromatic carbocycles. The van der Waals surface area contributed by atoms with Gasteiger partial charge >= 0.3 is 0 Å². The molecule has 0 heterocycles. The van der Waals surface area contributed by atoms with E-state index in [2.05, 4.69) is 0 Å². The highest BCUT2D eigenvalue weighted by Gasteiger charge is 2.32. The lowest BCUT2D eigenvalue weighted by molar-refractivity contribution is 0.349. The fraction of sp³-hybridized carbons (Fsp3) is 0.562. The molecule has 1 atom stereocenters. The van der Waals surface area contributed by atoms with Crippen LogP contribution in [0, 0.1) is 11.3 Å². The Kier molecular flexibility index (Phi) is 5.38. The first-order valence-electron chi connectivity index (χ1n) is 7.46. The molecule has 114 valence electrons. The Bertz CT molecular complexity index is 586. The van der Waals surface area contributed by atoms with Gasteiger partial charge in [-0.3, -0.25) is 0 Å². The van der Waals surface area contributed by atoms with E-state index in [1.54, 1.807) is 0 Å². The molecule has 1 aliphatic carbocycles. The largest absolute Gasteiger partial charge is 0.215 e. The van der Waals surface area contributed by atoms with Crippen LogP contribution in [0.4, 0.5) is 0 Å². The predicted octanol–water partition coefficient (Wildman–Crippen LogP) is 2.89. The Morgan fingerprint density at radius 2 is 1.90 bits per heavy atom. The monoisotopic (exact) mass is 306 g/mol. The average molecular weight is 306 g/mol. The second-order valence-corrected chi connectivity index (χ2v) is 7.70. The summed E-state index contributed by atoms with van der Waals surface area (Å²) in [4.78, 5) is 0. The topological polar surface area (TPSA) is 61.2 Å². The summed E-state index contributed by atoms with van der Waals surface area (Å²) < 4.78 is 26.8. The number of hydrogen-bond acceptors (Lipinski definition) is 3. The molecule has 0 N–H and O–H groups in total. The van der Waals surface area contributed by atoms with Crippen LogP contribution in [0.2, 0.25) is 0 Å². The highest BCUT2D eigenvalue weighted by Crippen LogP contribution is 2.27. The van der Waals surface area contributed by atoms with E-state index in [4.69, 9.17) is 5.26 Å². The number of rotatable bonds is 6. The van der Waals surface area contributed by atoms with Crippen LogP contribution < -0.4 is 0 Å².